The number of carbonyl (C=O) groups excluding carboxylic acids is 2. The molecule has 1 heterocycles. The Labute approximate surface area is 125 Å². The molecule has 0 bridgehead atoms. The van der Waals surface area contributed by atoms with Crippen LogP contribution >= 0.6 is 0 Å². The van der Waals surface area contributed by atoms with Crippen LogP contribution in [0.1, 0.15) is 38.7 Å². The van der Waals surface area contributed by atoms with Crippen LogP contribution in [0.3, 0.4) is 0 Å². The molecule has 5 nitrogen and oxygen atoms in total. The van der Waals surface area contributed by atoms with Gasteiger partial charge in [0.25, 0.3) is 0 Å². The van der Waals surface area contributed by atoms with Gasteiger partial charge in [0.05, 0.1) is 6.10 Å². The smallest absolute Gasteiger partial charge is 0.247 e. The fourth-order valence-corrected chi connectivity index (χ4v) is 2.74. The Balaban J connectivity index is 2.16. The van der Waals surface area contributed by atoms with E-state index in [-0.39, 0.29) is 24.8 Å². The predicted octanol–water partition coefficient (Wildman–Crippen LogP) is 1.73. The average molecular weight is 290 g/mol. The van der Waals surface area contributed by atoms with Gasteiger partial charge in [-0.2, -0.15) is 0 Å². The predicted molar refractivity (Wildman–Crippen MR) is 81.0 cm³/mol. The Morgan fingerprint density at radius 3 is 2.62 bits per heavy atom. The van der Waals surface area contributed by atoms with Crippen LogP contribution in [0, 0.1) is 0 Å². The van der Waals surface area contributed by atoms with Crippen LogP contribution in [-0.4, -0.2) is 40.5 Å². The number of para-hydroxylation sites is 1. The second-order valence-corrected chi connectivity index (χ2v) is 5.81. The highest BCUT2D eigenvalue weighted by molar-refractivity contribution is 5.98. The first-order chi connectivity index (χ1) is 9.90. The van der Waals surface area contributed by atoms with Crippen LogP contribution in [-0.2, 0) is 9.59 Å². The summed E-state index contributed by atoms with van der Waals surface area (Å²) >= 11 is 0. The summed E-state index contributed by atoms with van der Waals surface area (Å²) in [6, 6.07) is 7.04. The topological polar surface area (TPSA) is 69.6 Å². The zero-order valence-electron chi connectivity index (χ0n) is 12.7. The van der Waals surface area contributed by atoms with Crippen molar-refractivity contribution in [3.63, 3.8) is 0 Å². The van der Waals surface area contributed by atoms with Gasteiger partial charge < -0.3 is 15.3 Å². The maximum Gasteiger partial charge on any atom is 0.247 e. The van der Waals surface area contributed by atoms with E-state index in [0.717, 1.165) is 11.3 Å². The molecule has 0 aromatic heterocycles. The van der Waals surface area contributed by atoms with E-state index in [2.05, 4.69) is 19.2 Å². The number of hydrogen-bond donors (Lipinski definition) is 2. The van der Waals surface area contributed by atoms with Crippen molar-refractivity contribution in [1.29, 1.82) is 0 Å². The Bertz CT molecular complexity index is 542. The molecule has 1 fully saturated rings. The van der Waals surface area contributed by atoms with Crippen LogP contribution in [0.25, 0.3) is 0 Å². The molecule has 2 amide bonds. The number of nitrogens with one attached hydrogen (secondary N) is 1. The minimum Gasteiger partial charge on any atom is -0.391 e. The quantitative estimate of drug-likeness (QED) is 0.890. The van der Waals surface area contributed by atoms with Crippen LogP contribution in [0.2, 0.25) is 0 Å². The van der Waals surface area contributed by atoms with E-state index in [0.29, 0.717) is 5.92 Å². The van der Waals surface area contributed by atoms with E-state index in [9.17, 15) is 14.7 Å². The van der Waals surface area contributed by atoms with Gasteiger partial charge in [-0.25, -0.2) is 0 Å². The van der Waals surface area contributed by atoms with Crippen molar-refractivity contribution in [3.05, 3.63) is 29.8 Å². The van der Waals surface area contributed by atoms with Crippen molar-refractivity contribution in [2.24, 2.45) is 0 Å². The maximum atomic E-state index is 12.4. The molecule has 0 radical (unpaired) electrons. The summed E-state index contributed by atoms with van der Waals surface area (Å²) in [5, 5.41) is 12.6. The first-order valence-electron chi connectivity index (χ1n) is 7.25. The molecule has 0 saturated carbocycles. The molecular formula is C16H22N2O3. The monoisotopic (exact) mass is 290 g/mol. The Morgan fingerprint density at radius 2 is 2.00 bits per heavy atom. The molecule has 114 valence electrons. The second kappa shape index (κ2) is 6.26. The molecule has 1 aliphatic heterocycles. The molecule has 1 aliphatic rings. The lowest BCUT2D eigenvalue weighted by atomic mass is 10.0. The molecule has 21 heavy (non-hydrogen) atoms. The summed E-state index contributed by atoms with van der Waals surface area (Å²) in [6.45, 7) is 5.76. The third-order valence-electron chi connectivity index (χ3n) is 3.83. The first kappa shape index (κ1) is 15.5. The number of nitrogens with zero attached hydrogens (tertiary/aromatic N) is 1. The molecule has 2 rings (SSSR count). The SMILES string of the molecule is CC(=O)N1C[C@H](O)C[C@H]1C(=O)Nc1ccccc1C(C)C. The number of likely N-dealkylation sites (tertiary alicyclic amines) is 1. The molecule has 0 aliphatic carbocycles. The van der Waals surface area contributed by atoms with Crippen molar-refractivity contribution >= 4 is 17.5 Å². The third-order valence-corrected chi connectivity index (χ3v) is 3.83. The molecule has 5 heteroatoms. The first-order valence-corrected chi connectivity index (χ1v) is 7.25. The standard InChI is InChI=1S/C16H22N2O3/c1-10(2)13-6-4-5-7-14(13)17-16(21)15-8-12(20)9-18(15)11(3)19/h4-7,10,12,15,20H,8-9H2,1-3H3,(H,17,21)/t12-,15+/m1/s1. The van der Waals surface area contributed by atoms with Gasteiger partial charge in [-0.3, -0.25) is 9.59 Å². The molecule has 1 saturated heterocycles. The van der Waals surface area contributed by atoms with E-state index >= 15 is 0 Å². The molecule has 2 N–H and O–H groups in total. The van der Waals surface area contributed by atoms with E-state index in [1.165, 1.54) is 11.8 Å². The molecule has 1 aromatic carbocycles. The van der Waals surface area contributed by atoms with Crippen LogP contribution < -0.4 is 5.32 Å². The number of aliphatic hydroxyl groups excluding tert-OH is 1. The van der Waals surface area contributed by atoms with Crippen LogP contribution in [0.4, 0.5) is 5.69 Å². The number of aliphatic hydroxyl groups is 1. The summed E-state index contributed by atoms with van der Waals surface area (Å²) in [7, 11) is 0. The van der Waals surface area contributed by atoms with Crippen LogP contribution in [0.15, 0.2) is 24.3 Å². The van der Waals surface area contributed by atoms with Crippen molar-refractivity contribution in [1.82, 2.24) is 4.90 Å². The number of anilines is 1. The second-order valence-electron chi connectivity index (χ2n) is 5.81. The average Bonchev–Trinajstić information content (AvgIpc) is 2.81. The van der Waals surface area contributed by atoms with Gasteiger partial charge in [-0.15, -0.1) is 0 Å². The summed E-state index contributed by atoms with van der Waals surface area (Å²) in [4.78, 5) is 25.4. The Kier molecular flexibility index (Phi) is 4.63. The van der Waals surface area contributed by atoms with Gasteiger partial charge in [0, 0.05) is 25.6 Å². The van der Waals surface area contributed by atoms with E-state index in [1.54, 1.807) is 0 Å². The van der Waals surface area contributed by atoms with Gasteiger partial charge in [-0.1, -0.05) is 32.0 Å². The van der Waals surface area contributed by atoms with E-state index < -0.39 is 12.1 Å². The van der Waals surface area contributed by atoms with Crippen molar-refractivity contribution in [3.8, 4) is 0 Å². The lowest BCUT2D eigenvalue weighted by Crippen LogP contribution is -2.42. The van der Waals surface area contributed by atoms with E-state index in [4.69, 9.17) is 0 Å². The van der Waals surface area contributed by atoms with Crippen molar-refractivity contribution < 1.29 is 14.7 Å². The number of rotatable bonds is 3. The van der Waals surface area contributed by atoms with Crippen molar-refractivity contribution in [2.45, 2.75) is 45.3 Å². The minimum absolute atomic E-state index is 0.191. The number of benzene rings is 1. The normalized spacial score (nSPS) is 21.7. The van der Waals surface area contributed by atoms with Crippen molar-refractivity contribution in [2.75, 3.05) is 11.9 Å². The largest absolute Gasteiger partial charge is 0.391 e. The molecule has 0 unspecified atom stereocenters. The summed E-state index contributed by atoms with van der Waals surface area (Å²) in [5.74, 6) is -0.140. The lowest BCUT2D eigenvalue weighted by Gasteiger charge is -2.23. The highest BCUT2D eigenvalue weighted by Crippen LogP contribution is 2.25. The van der Waals surface area contributed by atoms with Gasteiger partial charge in [0.15, 0.2) is 0 Å². The third kappa shape index (κ3) is 3.42. The molecular weight excluding hydrogens is 268 g/mol. The van der Waals surface area contributed by atoms with Crippen LogP contribution in [0.5, 0.6) is 0 Å². The number of β-amino-alcohol motifs (C(OH)–C–C–N with tert-alkyl or cyclic N) is 1. The van der Waals surface area contributed by atoms with E-state index in [1.807, 2.05) is 24.3 Å². The highest BCUT2D eigenvalue weighted by Gasteiger charge is 2.37. The zero-order valence-corrected chi connectivity index (χ0v) is 12.7. The van der Waals surface area contributed by atoms with Gasteiger partial charge in [0.2, 0.25) is 11.8 Å². The number of amides is 2. The molecule has 0 spiro atoms. The minimum atomic E-state index is -0.634. The molecule has 2 atom stereocenters. The lowest BCUT2D eigenvalue weighted by molar-refractivity contribution is -0.134. The summed E-state index contributed by atoms with van der Waals surface area (Å²) < 4.78 is 0. The maximum absolute atomic E-state index is 12.4. The molecule has 1 aromatic rings. The Hall–Kier alpha value is -1.88. The summed E-state index contributed by atoms with van der Waals surface area (Å²) in [6.07, 6.45) is -0.347. The zero-order chi connectivity index (χ0) is 15.6. The number of hydrogen-bond acceptors (Lipinski definition) is 3. The van der Waals surface area contributed by atoms with Gasteiger partial charge in [-0.05, 0) is 17.5 Å². The van der Waals surface area contributed by atoms with Gasteiger partial charge in [0.1, 0.15) is 6.04 Å². The summed E-state index contributed by atoms with van der Waals surface area (Å²) in [5.41, 5.74) is 1.82. The Morgan fingerprint density at radius 1 is 1.33 bits per heavy atom. The highest BCUT2D eigenvalue weighted by atomic mass is 16.3. The fourth-order valence-electron chi connectivity index (χ4n) is 2.74. The fraction of sp³-hybridized carbons (Fsp3) is 0.500. The van der Waals surface area contributed by atoms with Gasteiger partial charge >= 0.3 is 0 Å². The number of carbonyl (C=O) groups is 2.